The number of likely N-dealkylation sites (tertiary alicyclic amines) is 1. The van der Waals surface area contributed by atoms with Gasteiger partial charge in [0, 0.05) is 19.5 Å². The molecule has 1 amide bonds. The van der Waals surface area contributed by atoms with Gasteiger partial charge in [0.15, 0.2) is 0 Å². The van der Waals surface area contributed by atoms with Gasteiger partial charge in [0.25, 0.3) is 0 Å². The van der Waals surface area contributed by atoms with E-state index in [2.05, 4.69) is 20.8 Å². The van der Waals surface area contributed by atoms with E-state index in [1.165, 1.54) is 0 Å². The summed E-state index contributed by atoms with van der Waals surface area (Å²) in [6.45, 7) is 7.22. The van der Waals surface area contributed by atoms with Gasteiger partial charge in [0.1, 0.15) is 0 Å². The summed E-state index contributed by atoms with van der Waals surface area (Å²) in [6.07, 6.45) is 6.58. The molecule has 5 aliphatic rings. The summed E-state index contributed by atoms with van der Waals surface area (Å²) >= 11 is 0. The van der Waals surface area contributed by atoms with E-state index in [0.29, 0.717) is 44.6 Å². The van der Waals surface area contributed by atoms with Crippen LogP contribution in [0.25, 0.3) is 0 Å². The summed E-state index contributed by atoms with van der Waals surface area (Å²) in [4.78, 5) is 14.5. The average Bonchev–Trinajstić information content (AvgIpc) is 3.22. The number of amides is 1. The number of piperidine rings is 1. The van der Waals surface area contributed by atoms with Crippen molar-refractivity contribution in [1.29, 1.82) is 0 Å². The van der Waals surface area contributed by atoms with Gasteiger partial charge in [-0.3, -0.25) is 4.79 Å². The molecule has 9 heteroatoms. The minimum atomic E-state index is -4.40. The fraction of sp³-hybridized carbons (Fsp3) is 0.966. The Labute approximate surface area is 228 Å². The van der Waals surface area contributed by atoms with Gasteiger partial charge in [0.2, 0.25) is 5.91 Å². The molecule has 4 aliphatic carbocycles. The molecule has 0 unspecified atom stereocenters. The van der Waals surface area contributed by atoms with Gasteiger partial charge in [0.05, 0.1) is 33.7 Å². The molecule has 4 saturated carbocycles. The predicted molar refractivity (Wildman–Crippen MR) is 142 cm³/mol. The largest absolute Gasteiger partial charge is 0.748 e. The highest BCUT2D eigenvalue weighted by atomic mass is 32.2. The molecule has 0 radical (unpaired) electrons. The molecule has 38 heavy (non-hydrogen) atoms. The summed E-state index contributed by atoms with van der Waals surface area (Å²) in [5.74, 6) is 1.33. The van der Waals surface area contributed by atoms with Crippen LogP contribution in [0.15, 0.2) is 0 Å². The molecule has 5 rings (SSSR count). The van der Waals surface area contributed by atoms with E-state index in [-0.39, 0.29) is 59.0 Å². The average molecular weight is 555 g/mol. The maximum absolute atomic E-state index is 13.0. The number of hydrogen-bond donors (Lipinski definition) is 3. The Morgan fingerprint density at radius 2 is 1.79 bits per heavy atom. The molecule has 0 bridgehead atoms. The van der Waals surface area contributed by atoms with Crippen LogP contribution in [0, 0.1) is 46.3 Å². The lowest BCUT2D eigenvalue weighted by atomic mass is 9.43. The first-order valence-corrected chi connectivity index (χ1v) is 16.5. The number of fused-ring (bicyclic) bond motifs is 5. The molecular weight excluding hydrogens is 506 g/mol. The molecule has 1 aliphatic heterocycles. The van der Waals surface area contributed by atoms with Crippen LogP contribution in [0.3, 0.4) is 0 Å². The van der Waals surface area contributed by atoms with Gasteiger partial charge < -0.3 is 24.8 Å². The number of aliphatic hydroxyl groups excluding tert-OH is 3. The Hall–Kier alpha value is -0.740. The van der Waals surface area contributed by atoms with E-state index in [1.807, 2.05) is 0 Å². The first-order chi connectivity index (χ1) is 17.8. The Kier molecular flexibility index (Phi) is 7.78. The van der Waals surface area contributed by atoms with Crippen LogP contribution in [0.1, 0.15) is 91.4 Å². The molecule has 218 valence electrons. The number of hydrogen-bond acceptors (Lipinski definition) is 7. The highest BCUT2D eigenvalue weighted by Gasteiger charge is 2.65. The van der Waals surface area contributed by atoms with Crippen LogP contribution in [0.5, 0.6) is 0 Å². The number of rotatable bonds is 5. The topological polar surface area (TPSA) is 138 Å². The second-order valence-corrected chi connectivity index (χ2v) is 15.8. The van der Waals surface area contributed by atoms with E-state index in [0.717, 1.165) is 38.5 Å². The zero-order valence-corrected chi connectivity index (χ0v) is 24.1. The quantitative estimate of drug-likeness (QED) is 0.444. The van der Waals surface area contributed by atoms with Gasteiger partial charge in [-0.2, -0.15) is 0 Å². The molecule has 3 N–H and O–H groups in total. The van der Waals surface area contributed by atoms with Crippen LogP contribution in [-0.2, 0) is 14.9 Å². The first kappa shape index (κ1) is 28.8. The normalized spacial score (nSPS) is 48.1. The third-order valence-electron chi connectivity index (χ3n) is 12.5. The minimum Gasteiger partial charge on any atom is -0.748 e. The fourth-order valence-electron chi connectivity index (χ4n) is 10.2. The Balaban J connectivity index is 1.26. The molecule has 0 aromatic heterocycles. The Morgan fingerprint density at radius 3 is 2.50 bits per heavy atom. The molecule has 12 atom stereocenters. The number of nitrogens with zero attached hydrogens (tertiary/aromatic N) is 1. The molecule has 0 aromatic rings. The SMILES string of the molecule is C[C@H](CCC(=O)N1CCC[C@H](S(=O)(=O)[O-])C1)[C@H]1CC[C@H]2[C@@H]3[C@H](O)C[C@@H]4C[C@H](O)CC[C@]4(C)[C@H]3C[C@H](O)[C@]12C. The van der Waals surface area contributed by atoms with Crippen molar-refractivity contribution in [2.24, 2.45) is 46.3 Å². The second-order valence-electron chi connectivity index (χ2n) is 14.1. The predicted octanol–water partition coefficient (Wildman–Crippen LogP) is 2.90. The smallest absolute Gasteiger partial charge is 0.222 e. The van der Waals surface area contributed by atoms with Crippen LogP contribution < -0.4 is 0 Å². The van der Waals surface area contributed by atoms with Gasteiger partial charge in [-0.05, 0) is 111 Å². The standard InChI is InChI=1S/C29H49NO7S/c1-17(6-9-26(34)30-12-4-5-20(16-30)38(35,36)37)21-7-8-22-27-23(15-25(33)29(21,22)3)28(2)11-10-19(31)13-18(28)14-24(27)32/h17-25,27,31-33H,4-16H2,1-3H3,(H,35,36,37)/p-1/t17-,18+,19-,20+,21-,22+,23+,24-,25+,27+,28+,29-/m1/s1. The lowest BCUT2D eigenvalue weighted by Gasteiger charge is -2.63. The van der Waals surface area contributed by atoms with Crippen molar-refractivity contribution in [2.75, 3.05) is 13.1 Å². The monoisotopic (exact) mass is 554 g/mol. The van der Waals surface area contributed by atoms with E-state index in [1.54, 1.807) is 4.90 Å². The van der Waals surface area contributed by atoms with Crippen LogP contribution in [0.2, 0.25) is 0 Å². The van der Waals surface area contributed by atoms with Crippen LogP contribution in [-0.4, -0.2) is 75.7 Å². The van der Waals surface area contributed by atoms with Crippen molar-refractivity contribution in [3.8, 4) is 0 Å². The van der Waals surface area contributed by atoms with E-state index in [4.69, 9.17) is 0 Å². The van der Waals surface area contributed by atoms with Crippen molar-refractivity contribution in [3.63, 3.8) is 0 Å². The lowest BCUT2D eigenvalue weighted by molar-refractivity contribution is -0.207. The third kappa shape index (κ3) is 4.76. The second kappa shape index (κ2) is 10.3. The van der Waals surface area contributed by atoms with Crippen molar-refractivity contribution in [3.05, 3.63) is 0 Å². The van der Waals surface area contributed by atoms with Crippen molar-refractivity contribution >= 4 is 16.0 Å². The fourth-order valence-corrected chi connectivity index (χ4v) is 11.1. The third-order valence-corrected chi connectivity index (χ3v) is 13.7. The van der Waals surface area contributed by atoms with Crippen molar-refractivity contribution in [1.82, 2.24) is 4.90 Å². The summed E-state index contributed by atoms with van der Waals surface area (Å²) in [5, 5.41) is 32.5. The number of carbonyl (C=O) groups is 1. The zero-order chi connectivity index (χ0) is 27.6. The first-order valence-electron chi connectivity index (χ1n) is 15.0. The van der Waals surface area contributed by atoms with E-state index < -0.39 is 27.6 Å². The van der Waals surface area contributed by atoms with Crippen LogP contribution in [0.4, 0.5) is 0 Å². The maximum atomic E-state index is 13.0. The van der Waals surface area contributed by atoms with E-state index in [9.17, 15) is 33.1 Å². The highest BCUT2D eigenvalue weighted by Crippen LogP contribution is 2.68. The van der Waals surface area contributed by atoms with Crippen LogP contribution >= 0.6 is 0 Å². The van der Waals surface area contributed by atoms with Gasteiger partial charge in [-0.25, -0.2) is 8.42 Å². The molecule has 5 fully saturated rings. The van der Waals surface area contributed by atoms with Gasteiger partial charge in [-0.15, -0.1) is 0 Å². The maximum Gasteiger partial charge on any atom is 0.222 e. The van der Waals surface area contributed by atoms with Crippen molar-refractivity contribution in [2.45, 2.75) is 115 Å². The Bertz CT molecular complexity index is 1000. The summed E-state index contributed by atoms with van der Waals surface area (Å²) in [6, 6.07) is 0. The molecule has 1 heterocycles. The summed E-state index contributed by atoms with van der Waals surface area (Å²) in [5.41, 5.74) is -0.264. The zero-order valence-electron chi connectivity index (χ0n) is 23.3. The Morgan fingerprint density at radius 1 is 1.05 bits per heavy atom. The molecule has 1 saturated heterocycles. The highest BCUT2D eigenvalue weighted by molar-refractivity contribution is 7.86. The lowest BCUT2D eigenvalue weighted by Crippen LogP contribution is -2.62. The number of carbonyl (C=O) groups excluding carboxylic acids is 1. The molecule has 0 spiro atoms. The summed E-state index contributed by atoms with van der Waals surface area (Å²) in [7, 11) is -4.40. The molecule has 8 nitrogen and oxygen atoms in total. The molecule has 0 aromatic carbocycles. The number of aliphatic hydroxyl groups is 3. The van der Waals surface area contributed by atoms with Gasteiger partial charge >= 0.3 is 0 Å². The molecular formula is C29H48NO7S-. The summed E-state index contributed by atoms with van der Waals surface area (Å²) < 4.78 is 34.5. The minimum absolute atomic E-state index is 0.00126. The van der Waals surface area contributed by atoms with Gasteiger partial charge in [-0.1, -0.05) is 20.8 Å². The van der Waals surface area contributed by atoms with Crippen molar-refractivity contribution < 1.29 is 33.1 Å². The van der Waals surface area contributed by atoms with E-state index >= 15 is 0 Å².